The minimum atomic E-state index is 0. The Balaban J connectivity index is 0.00000280. The number of ether oxygens (including phenoxy) is 2. The van der Waals surface area contributed by atoms with E-state index >= 15 is 0 Å². The van der Waals surface area contributed by atoms with Crippen LogP contribution in [0.25, 0.3) is 0 Å². The summed E-state index contributed by atoms with van der Waals surface area (Å²) in [6.07, 6.45) is 1.12. The minimum Gasteiger partial charge on any atom is -0.496 e. The van der Waals surface area contributed by atoms with E-state index in [1.54, 1.807) is 14.2 Å². The van der Waals surface area contributed by atoms with Crippen LogP contribution in [0.15, 0.2) is 27.7 Å². The van der Waals surface area contributed by atoms with Crippen molar-refractivity contribution >= 4 is 29.9 Å². The van der Waals surface area contributed by atoms with Gasteiger partial charge in [-0.2, -0.15) is 0 Å². The third kappa shape index (κ3) is 5.30. The van der Waals surface area contributed by atoms with Gasteiger partial charge < -0.3 is 24.6 Å². The van der Waals surface area contributed by atoms with Gasteiger partial charge in [0.2, 0.25) is 0 Å². The van der Waals surface area contributed by atoms with E-state index in [4.69, 9.17) is 14.0 Å². The molecule has 1 aromatic heterocycles. The number of nitrogens with zero attached hydrogens (tertiary/aromatic N) is 2. The van der Waals surface area contributed by atoms with Gasteiger partial charge in [-0.05, 0) is 25.0 Å². The highest BCUT2D eigenvalue weighted by molar-refractivity contribution is 14.0. The van der Waals surface area contributed by atoms with Crippen LogP contribution in [-0.4, -0.2) is 31.4 Å². The van der Waals surface area contributed by atoms with Crippen molar-refractivity contribution in [2.24, 2.45) is 4.99 Å². The summed E-state index contributed by atoms with van der Waals surface area (Å²) in [7, 11) is 3.42. The third-order valence-corrected chi connectivity index (χ3v) is 4.57. The van der Waals surface area contributed by atoms with E-state index in [0.29, 0.717) is 25.0 Å². The van der Waals surface area contributed by atoms with Gasteiger partial charge in [0.25, 0.3) is 0 Å². The van der Waals surface area contributed by atoms with Gasteiger partial charge in [-0.25, -0.2) is 0 Å². The normalized spacial score (nSPS) is 15.6. The summed E-state index contributed by atoms with van der Waals surface area (Å²) < 4.78 is 16.8. The number of methoxy groups -OCH3 is 1. The van der Waals surface area contributed by atoms with Gasteiger partial charge in [-0.15, -0.1) is 24.0 Å². The summed E-state index contributed by atoms with van der Waals surface area (Å²) in [5, 5.41) is 10.6. The molecule has 0 saturated heterocycles. The molecule has 2 N–H and O–H groups in total. The first-order valence-corrected chi connectivity index (χ1v) is 9.26. The predicted molar refractivity (Wildman–Crippen MR) is 120 cm³/mol. The number of fused-ring (bicyclic) bond motifs is 1. The second-order valence-electron chi connectivity index (χ2n) is 7.06. The molecule has 0 radical (unpaired) electrons. The predicted octanol–water partition coefficient (Wildman–Crippen LogP) is 3.61. The van der Waals surface area contributed by atoms with Crippen LogP contribution in [0.3, 0.4) is 0 Å². The van der Waals surface area contributed by atoms with Gasteiger partial charge in [0.15, 0.2) is 11.7 Å². The molecule has 3 rings (SSSR count). The highest BCUT2D eigenvalue weighted by atomic mass is 127. The van der Waals surface area contributed by atoms with Crippen molar-refractivity contribution in [2.45, 2.75) is 52.3 Å². The van der Waals surface area contributed by atoms with Crippen molar-refractivity contribution < 1.29 is 14.0 Å². The maximum absolute atomic E-state index is 5.86. The molecule has 7 nitrogen and oxygen atoms in total. The zero-order chi connectivity index (χ0) is 19.4. The van der Waals surface area contributed by atoms with Crippen LogP contribution in [0, 0.1) is 0 Å². The Kier molecular flexibility index (Phi) is 7.97. The molecule has 2 heterocycles. The zero-order valence-corrected chi connectivity index (χ0v) is 19.4. The lowest BCUT2D eigenvalue weighted by Gasteiger charge is -2.14. The summed E-state index contributed by atoms with van der Waals surface area (Å²) in [6.45, 7) is 7.33. The van der Waals surface area contributed by atoms with Crippen LogP contribution in [0.4, 0.5) is 0 Å². The second-order valence-corrected chi connectivity index (χ2v) is 7.06. The molecule has 0 amide bonds. The van der Waals surface area contributed by atoms with Crippen LogP contribution in [0.2, 0.25) is 0 Å². The number of guanidine groups is 1. The number of hydrogen-bond donors (Lipinski definition) is 2. The number of aromatic nitrogens is 1. The summed E-state index contributed by atoms with van der Waals surface area (Å²) in [4.78, 5) is 4.26. The standard InChI is InChI=1S/C20H28N4O3.HI/c1-12(2)17-9-16(27-24-17)11-23-20(21-4)22-10-15-8-19-14(6-13(3)26-19)7-18(15)25-5;/h7-9,12-13H,6,10-11H2,1-5H3,(H2,21,22,23);1H. The third-order valence-electron chi connectivity index (χ3n) is 4.57. The van der Waals surface area contributed by atoms with Crippen LogP contribution in [0.1, 0.15) is 49.3 Å². The van der Waals surface area contributed by atoms with E-state index in [9.17, 15) is 0 Å². The number of halogens is 1. The molecular formula is C20H29IN4O3. The number of aliphatic imine (C=N–C) groups is 1. The van der Waals surface area contributed by atoms with Crippen LogP contribution < -0.4 is 20.1 Å². The molecule has 1 atom stereocenters. The SMILES string of the molecule is CN=C(NCc1cc(C(C)C)no1)NCc1cc2c(cc1OC)CC(C)O2.I. The fourth-order valence-corrected chi connectivity index (χ4v) is 3.06. The van der Waals surface area contributed by atoms with Crippen molar-refractivity contribution in [1.29, 1.82) is 0 Å². The quantitative estimate of drug-likeness (QED) is 0.359. The van der Waals surface area contributed by atoms with E-state index < -0.39 is 0 Å². The van der Waals surface area contributed by atoms with Gasteiger partial charge in [0, 0.05) is 37.2 Å². The molecule has 28 heavy (non-hydrogen) atoms. The first-order chi connectivity index (χ1) is 13.0. The first-order valence-electron chi connectivity index (χ1n) is 9.26. The lowest BCUT2D eigenvalue weighted by atomic mass is 10.1. The van der Waals surface area contributed by atoms with E-state index in [-0.39, 0.29) is 30.1 Å². The largest absolute Gasteiger partial charge is 0.496 e. The highest BCUT2D eigenvalue weighted by Crippen LogP contribution is 2.34. The summed E-state index contributed by atoms with van der Waals surface area (Å²) >= 11 is 0. The van der Waals surface area contributed by atoms with Crippen molar-refractivity contribution in [3.63, 3.8) is 0 Å². The topological polar surface area (TPSA) is 80.9 Å². The molecule has 0 bridgehead atoms. The Labute approximate surface area is 183 Å². The second kappa shape index (κ2) is 9.99. The van der Waals surface area contributed by atoms with Crippen molar-refractivity contribution in [2.75, 3.05) is 14.2 Å². The maximum Gasteiger partial charge on any atom is 0.191 e. The molecule has 0 spiro atoms. The summed E-state index contributed by atoms with van der Waals surface area (Å²) in [5.74, 6) is 3.59. The van der Waals surface area contributed by atoms with E-state index in [0.717, 1.165) is 34.9 Å². The summed E-state index contributed by atoms with van der Waals surface area (Å²) in [5.41, 5.74) is 3.17. The summed E-state index contributed by atoms with van der Waals surface area (Å²) in [6, 6.07) is 6.07. The average Bonchev–Trinajstić information content (AvgIpc) is 3.26. The molecule has 0 fully saturated rings. The molecular weight excluding hydrogens is 471 g/mol. The molecule has 1 aromatic carbocycles. The average molecular weight is 500 g/mol. The number of hydrogen-bond acceptors (Lipinski definition) is 5. The number of nitrogens with one attached hydrogen (secondary N) is 2. The Morgan fingerprint density at radius 1 is 1.29 bits per heavy atom. The molecule has 0 saturated carbocycles. The molecule has 1 unspecified atom stereocenters. The first kappa shape index (κ1) is 22.3. The van der Waals surface area contributed by atoms with Gasteiger partial charge in [-0.3, -0.25) is 4.99 Å². The van der Waals surface area contributed by atoms with Crippen molar-refractivity contribution in [3.05, 3.63) is 40.8 Å². The Bertz CT molecular complexity index is 820. The van der Waals surface area contributed by atoms with Crippen LogP contribution in [0.5, 0.6) is 11.5 Å². The Morgan fingerprint density at radius 3 is 2.68 bits per heavy atom. The van der Waals surface area contributed by atoms with Crippen LogP contribution in [-0.2, 0) is 19.5 Å². The lowest BCUT2D eigenvalue weighted by molar-refractivity contribution is 0.254. The molecule has 8 heteroatoms. The molecule has 154 valence electrons. The Morgan fingerprint density at radius 2 is 2.04 bits per heavy atom. The molecule has 2 aromatic rings. The molecule has 0 aliphatic carbocycles. The molecule has 1 aliphatic rings. The fourth-order valence-electron chi connectivity index (χ4n) is 3.06. The monoisotopic (exact) mass is 500 g/mol. The highest BCUT2D eigenvalue weighted by Gasteiger charge is 2.21. The van der Waals surface area contributed by atoms with Crippen molar-refractivity contribution in [3.8, 4) is 11.5 Å². The number of benzene rings is 1. The van der Waals surface area contributed by atoms with Crippen molar-refractivity contribution in [1.82, 2.24) is 15.8 Å². The van der Waals surface area contributed by atoms with Gasteiger partial charge in [-0.1, -0.05) is 19.0 Å². The van der Waals surface area contributed by atoms with E-state index in [2.05, 4.69) is 47.6 Å². The minimum absolute atomic E-state index is 0. The molecule has 1 aliphatic heterocycles. The maximum atomic E-state index is 5.86. The lowest BCUT2D eigenvalue weighted by Crippen LogP contribution is -2.36. The van der Waals surface area contributed by atoms with E-state index in [1.165, 1.54) is 5.56 Å². The number of rotatable bonds is 6. The van der Waals surface area contributed by atoms with E-state index in [1.807, 2.05) is 12.1 Å². The smallest absolute Gasteiger partial charge is 0.191 e. The Hall–Kier alpha value is -1.97. The van der Waals surface area contributed by atoms with Gasteiger partial charge in [0.1, 0.15) is 17.6 Å². The van der Waals surface area contributed by atoms with Gasteiger partial charge in [0.05, 0.1) is 19.3 Å². The van der Waals surface area contributed by atoms with Crippen LogP contribution >= 0.6 is 24.0 Å². The zero-order valence-electron chi connectivity index (χ0n) is 17.0. The van der Waals surface area contributed by atoms with Gasteiger partial charge >= 0.3 is 0 Å². The fraction of sp³-hybridized carbons (Fsp3) is 0.500.